The largest absolute Gasteiger partial charge is 0.492 e. The highest BCUT2D eigenvalue weighted by Gasteiger charge is 2.29. The summed E-state index contributed by atoms with van der Waals surface area (Å²) in [6.45, 7) is 6.12. The van der Waals surface area contributed by atoms with Gasteiger partial charge in [0.2, 0.25) is 5.88 Å². The molecule has 1 unspecified atom stereocenters. The van der Waals surface area contributed by atoms with Crippen molar-refractivity contribution in [3.63, 3.8) is 0 Å². The van der Waals surface area contributed by atoms with Crippen LogP contribution in [0.15, 0.2) is 9.27 Å². The summed E-state index contributed by atoms with van der Waals surface area (Å²) in [5.41, 5.74) is -1.10. The normalized spacial score (nSPS) is 14.8. The SMILES string of the molecule is CCOC(C)(CC)c1nc(O)c(Br)c(=O)[nH]1. The number of hydrogen-bond donors (Lipinski definition) is 2. The van der Waals surface area contributed by atoms with Crippen molar-refractivity contribution in [3.05, 3.63) is 20.7 Å². The van der Waals surface area contributed by atoms with E-state index in [0.717, 1.165) is 0 Å². The molecule has 0 spiro atoms. The number of aromatic hydroxyl groups is 1. The molecule has 6 heteroatoms. The molecule has 5 nitrogen and oxygen atoms in total. The number of rotatable bonds is 4. The van der Waals surface area contributed by atoms with Crippen LogP contribution in [-0.2, 0) is 10.3 Å². The highest BCUT2D eigenvalue weighted by Crippen LogP contribution is 2.27. The molecule has 0 bridgehead atoms. The van der Waals surface area contributed by atoms with E-state index in [9.17, 15) is 9.90 Å². The van der Waals surface area contributed by atoms with Crippen LogP contribution in [0.5, 0.6) is 5.88 Å². The Kier molecular flexibility index (Phi) is 4.09. The molecule has 0 aliphatic heterocycles. The maximum atomic E-state index is 11.5. The van der Waals surface area contributed by atoms with Gasteiger partial charge < -0.3 is 14.8 Å². The first-order chi connectivity index (χ1) is 7.44. The lowest BCUT2D eigenvalue weighted by Crippen LogP contribution is -2.30. The standard InChI is InChI=1S/C10H15BrN2O3/c1-4-10(3,16-5-2)9-12-7(14)6(11)8(15)13-9/h4-5H2,1-3H3,(H2,12,13,14,15). The maximum absolute atomic E-state index is 11.5. The molecular weight excluding hydrogens is 276 g/mol. The van der Waals surface area contributed by atoms with Gasteiger partial charge in [-0.3, -0.25) is 4.79 Å². The number of halogens is 1. The quantitative estimate of drug-likeness (QED) is 0.888. The number of nitrogens with zero attached hydrogens (tertiary/aromatic N) is 1. The fourth-order valence-electron chi connectivity index (χ4n) is 1.35. The molecule has 1 rings (SSSR count). The van der Waals surface area contributed by atoms with Crippen molar-refractivity contribution in [2.75, 3.05) is 6.61 Å². The first-order valence-electron chi connectivity index (χ1n) is 5.07. The molecule has 0 saturated carbocycles. The van der Waals surface area contributed by atoms with Gasteiger partial charge in [-0.05, 0) is 36.2 Å². The lowest BCUT2D eigenvalue weighted by atomic mass is 10.0. The summed E-state index contributed by atoms with van der Waals surface area (Å²) in [7, 11) is 0. The monoisotopic (exact) mass is 290 g/mol. The van der Waals surface area contributed by atoms with Crippen molar-refractivity contribution >= 4 is 15.9 Å². The van der Waals surface area contributed by atoms with Crippen LogP contribution in [0.3, 0.4) is 0 Å². The second-order valence-electron chi connectivity index (χ2n) is 3.57. The molecule has 16 heavy (non-hydrogen) atoms. The summed E-state index contributed by atoms with van der Waals surface area (Å²) in [6, 6.07) is 0. The van der Waals surface area contributed by atoms with Gasteiger partial charge >= 0.3 is 0 Å². The number of nitrogens with one attached hydrogen (secondary N) is 1. The van der Waals surface area contributed by atoms with Gasteiger partial charge in [0.1, 0.15) is 15.9 Å². The second kappa shape index (κ2) is 4.97. The van der Waals surface area contributed by atoms with Gasteiger partial charge in [0.15, 0.2) is 0 Å². The van der Waals surface area contributed by atoms with Crippen molar-refractivity contribution in [1.82, 2.24) is 9.97 Å². The molecule has 0 radical (unpaired) electrons. The summed E-state index contributed by atoms with van der Waals surface area (Å²) < 4.78 is 5.59. The Morgan fingerprint density at radius 1 is 1.56 bits per heavy atom. The van der Waals surface area contributed by atoms with E-state index in [4.69, 9.17) is 4.74 Å². The Bertz CT molecular complexity index is 433. The summed E-state index contributed by atoms with van der Waals surface area (Å²) >= 11 is 2.94. The van der Waals surface area contributed by atoms with Crippen LogP contribution in [0.1, 0.15) is 33.0 Å². The number of H-pyrrole nitrogens is 1. The van der Waals surface area contributed by atoms with Crippen molar-refractivity contribution in [3.8, 4) is 5.88 Å². The van der Waals surface area contributed by atoms with Crippen molar-refractivity contribution in [2.45, 2.75) is 32.8 Å². The van der Waals surface area contributed by atoms with E-state index >= 15 is 0 Å². The third kappa shape index (κ3) is 2.44. The molecule has 0 saturated heterocycles. The molecule has 1 heterocycles. The summed E-state index contributed by atoms with van der Waals surface area (Å²) in [5.74, 6) is 0.0145. The van der Waals surface area contributed by atoms with Crippen molar-refractivity contribution in [2.24, 2.45) is 0 Å². The summed E-state index contributed by atoms with van der Waals surface area (Å²) in [5, 5.41) is 9.47. The van der Waals surface area contributed by atoms with E-state index in [-0.39, 0.29) is 10.4 Å². The molecule has 2 N–H and O–H groups in total. The third-order valence-electron chi connectivity index (χ3n) is 2.48. The molecule has 1 atom stereocenters. The zero-order chi connectivity index (χ0) is 12.3. The van der Waals surface area contributed by atoms with Gasteiger partial charge in [-0.15, -0.1) is 0 Å². The smallest absolute Gasteiger partial charge is 0.269 e. The van der Waals surface area contributed by atoms with Crippen LogP contribution in [0.4, 0.5) is 0 Å². The second-order valence-corrected chi connectivity index (χ2v) is 4.36. The maximum Gasteiger partial charge on any atom is 0.269 e. The Hall–Kier alpha value is -0.880. The van der Waals surface area contributed by atoms with Crippen LogP contribution in [-0.4, -0.2) is 21.7 Å². The minimum Gasteiger partial charge on any atom is -0.492 e. The average molecular weight is 291 g/mol. The Labute approximate surface area is 102 Å². The minimum absolute atomic E-state index is 0.0335. The molecule has 0 fully saturated rings. The number of aromatic amines is 1. The number of ether oxygens (including phenoxy) is 1. The Balaban J connectivity index is 3.27. The highest BCUT2D eigenvalue weighted by atomic mass is 79.9. The van der Waals surface area contributed by atoms with Crippen molar-refractivity contribution in [1.29, 1.82) is 0 Å². The van der Waals surface area contributed by atoms with Gasteiger partial charge in [0, 0.05) is 6.61 Å². The van der Waals surface area contributed by atoms with Gasteiger partial charge in [0.25, 0.3) is 5.56 Å². The lowest BCUT2D eigenvalue weighted by molar-refractivity contribution is -0.0396. The Morgan fingerprint density at radius 2 is 2.19 bits per heavy atom. The van der Waals surface area contributed by atoms with E-state index in [1.807, 2.05) is 20.8 Å². The molecule has 0 aromatic carbocycles. The van der Waals surface area contributed by atoms with Crippen LogP contribution in [0.2, 0.25) is 0 Å². The van der Waals surface area contributed by atoms with Gasteiger partial charge in [0.05, 0.1) is 0 Å². The third-order valence-corrected chi connectivity index (χ3v) is 3.20. The zero-order valence-electron chi connectivity index (χ0n) is 9.50. The molecular formula is C10H15BrN2O3. The fraction of sp³-hybridized carbons (Fsp3) is 0.600. The highest BCUT2D eigenvalue weighted by molar-refractivity contribution is 9.10. The van der Waals surface area contributed by atoms with Gasteiger partial charge in [-0.1, -0.05) is 6.92 Å². The average Bonchev–Trinajstić information content (AvgIpc) is 2.25. The predicted octanol–water partition coefficient (Wildman–Crippen LogP) is 1.90. The zero-order valence-corrected chi connectivity index (χ0v) is 11.1. The summed E-state index contributed by atoms with van der Waals surface area (Å²) in [6.07, 6.45) is 0.644. The van der Waals surface area contributed by atoms with E-state index in [1.54, 1.807) is 0 Å². The first-order valence-corrected chi connectivity index (χ1v) is 5.87. The predicted molar refractivity (Wildman–Crippen MR) is 63.5 cm³/mol. The molecule has 0 amide bonds. The van der Waals surface area contributed by atoms with E-state index in [1.165, 1.54) is 0 Å². The number of hydrogen-bond acceptors (Lipinski definition) is 4. The van der Waals surface area contributed by atoms with Crippen LogP contribution in [0, 0.1) is 0 Å². The minimum atomic E-state index is -0.688. The molecule has 1 aromatic rings. The van der Waals surface area contributed by atoms with Gasteiger partial charge in [-0.25, -0.2) is 0 Å². The molecule has 90 valence electrons. The molecule has 1 aromatic heterocycles. The van der Waals surface area contributed by atoms with Crippen molar-refractivity contribution < 1.29 is 9.84 Å². The van der Waals surface area contributed by atoms with Gasteiger partial charge in [-0.2, -0.15) is 4.98 Å². The van der Waals surface area contributed by atoms with Crippen LogP contribution >= 0.6 is 15.9 Å². The topological polar surface area (TPSA) is 75.2 Å². The van der Waals surface area contributed by atoms with E-state index in [0.29, 0.717) is 18.9 Å². The first kappa shape index (κ1) is 13.2. The fourth-order valence-corrected chi connectivity index (χ4v) is 1.54. The lowest BCUT2D eigenvalue weighted by Gasteiger charge is -2.26. The molecule has 0 aliphatic rings. The van der Waals surface area contributed by atoms with Crippen LogP contribution < -0.4 is 5.56 Å². The number of aromatic nitrogens is 2. The molecule has 0 aliphatic carbocycles. The summed E-state index contributed by atoms with van der Waals surface area (Å²) in [4.78, 5) is 18.0. The van der Waals surface area contributed by atoms with E-state index in [2.05, 4.69) is 25.9 Å². The van der Waals surface area contributed by atoms with E-state index < -0.39 is 11.2 Å². The Morgan fingerprint density at radius 3 is 2.62 bits per heavy atom. The van der Waals surface area contributed by atoms with Crippen LogP contribution in [0.25, 0.3) is 0 Å².